The molecule has 0 bridgehead atoms. The highest BCUT2D eigenvalue weighted by Gasteiger charge is 2.32. The molecule has 4 N–H and O–H groups in total. The molecular formula is C6H14N2O5. The average Bonchev–Trinajstić information content (AvgIpc) is 1.85. The van der Waals surface area contributed by atoms with Crippen LogP contribution in [0.1, 0.15) is 0 Å². The molecule has 7 heteroatoms. The van der Waals surface area contributed by atoms with Crippen molar-refractivity contribution in [3.05, 3.63) is 5.21 Å². The summed E-state index contributed by atoms with van der Waals surface area (Å²) in [5.74, 6) is -0.942. The van der Waals surface area contributed by atoms with Gasteiger partial charge in [-0.25, -0.2) is 4.79 Å². The van der Waals surface area contributed by atoms with Crippen molar-refractivity contribution in [2.24, 2.45) is 0 Å². The van der Waals surface area contributed by atoms with E-state index in [4.69, 9.17) is 10.3 Å². The first-order valence-electron chi connectivity index (χ1n) is 3.30. The minimum Gasteiger partial charge on any atom is -0.637 e. The summed E-state index contributed by atoms with van der Waals surface area (Å²) in [6.45, 7) is 0. The number of rotatable bonds is 3. The van der Waals surface area contributed by atoms with Crippen LogP contribution >= 0.6 is 0 Å². The molecule has 0 aliphatic rings. The number of likely N-dealkylation sites (N-methyl/N-ethyl adjacent to an activating group) is 1. The van der Waals surface area contributed by atoms with Crippen LogP contribution in [0, 0.1) is 5.21 Å². The van der Waals surface area contributed by atoms with E-state index >= 15 is 0 Å². The predicted octanol–water partition coefficient (Wildman–Crippen LogP) is -3.38. The minimum atomic E-state index is -1.56. The molecule has 0 aliphatic heterocycles. The molecule has 0 rings (SSSR count). The Morgan fingerprint density at radius 2 is 1.62 bits per heavy atom. The van der Waals surface area contributed by atoms with Crippen LogP contribution in [0.4, 0.5) is 0 Å². The van der Waals surface area contributed by atoms with Crippen LogP contribution in [-0.2, 0) is 9.59 Å². The average molecular weight is 194 g/mol. The zero-order valence-corrected chi connectivity index (χ0v) is 7.81. The largest absolute Gasteiger partial charge is 0.637 e. The van der Waals surface area contributed by atoms with Crippen LogP contribution in [0.3, 0.4) is 0 Å². The van der Waals surface area contributed by atoms with Crippen molar-refractivity contribution in [3.8, 4) is 0 Å². The monoisotopic (exact) mass is 194 g/mol. The highest BCUT2D eigenvalue weighted by atomic mass is 16.4. The second kappa shape index (κ2) is 5.46. The number of carbonyl (C=O) groups excluding carboxylic acids is 1. The lowest BCUT2D eigenvalue weighted by Crippen LogP contribution is -2.58. The highest BCUT2D eigenvalue weighted by Crippen LogP contribution is 2.01. The van der Waals surface area contributed by atoms with Gasteiger partial charge in [-0.1, -0.05) is 0 Å². The van der Waals surface area contributed by atoms with Crippen molar-refractivity contribution >= 4 is 11.9 Å². The number of carbonyl (C=O) groups is 2. The third kappa shape index (κ3) is 5.12. The van der Waals surface area contributed by atoms with E-state index in [1.807, 2.05) is 5.90 Å². The topological polar surface area (TPSA) is 128 Å². The van der Waals surface area contributed by atoms with Gasteiger partial charge >= 0.3 is 5.97 Å². The normalized spacial score (nSPS) is 12.4. The van der Waals surface area contributed by atoms with Gasteiger partial charge in [-0.3, -0.25) is 0 Å². The maximum Gasteiger partial charge on any atom is 0.368 e. The van der Waals surface area contributed by atoms with E-state index in [9.17, 15) is 14.7 Å². The SMILES string of the molecule is C[N+](C)(C)C(C(=O)[O-])C(=O)O.[NH3+][O-]. The number of carboxylic acid groups (broad SMARTS) is 2. The Kier molecular flexibility index (Phi) is 6.03. The molecule has 0 aromatic rings. The third-order valence-electron chi connectivity index (χ3n) is 1.23. The molecule has 0 radical (unpaired) electrons. The second-order valence-electron chi connectivity index (χ2n) is 3.18. The maximum absolute atomic E-state index is 10.4. The second-order valence-corrected chi connectivity index (χ2v) is 3.18. The molecule has 1 atom stereocenters. The molecule has 0 amide bonds. The fourth-order valence-electron chi connectivity index (χ4n) is 0.748. The summed E-state index contributed by atoms with van der Waals surface area (Å²) in [4.78, 5) is 20.6. The zero-order chi connectivity index (χ0) is 11.2. The van der Waals surface area contributed by atoms with Crippen LogP contribution in [-0.4, -0.2) is 48.7 Å². The van der Waals surface area contributed by atoms with Gasteiger partial charge in [-0.05, 0) is 0 Å². The van der Waals surface area contributed by atoms with Gasteiger partial charge in [-0.2, -0.15) is 0 Å². The Bertz CT molecular complexity index is 172. The predicted molar refractivity (Wildman–Crippen MR) is 40.7 cm³/mol. The van der Waals surface area contributed by atoms with E-state index in [0.717, 1.165) is 0 Å². The fourth-order valence-corrected chi connectivity index (χ4v) is 0.748. The van der Waals surface area contributed by atoms with Crippen LogP contribution < -0.4 is 11.0 Å². The van der Waals surface area contributed by atoms with Gasteiger partial charge < -0.3 is 30.6 Å². The van der Waals surface area contributed by atoms with E-state index in [0.29, 0.717) is 0 Å². The van der Waals surface area contributed by atoms with E-state index in [1.165, 1.54) is 21.1 Å². The summed E-state index contributed by atoms with van der Waals surface area (Å²) >= 11 is 0. The lowest BCUT2D eigenvalue weighted by molar-refractivity contribution is -0.880. The first kappa shape index (κ1) is 14.3. The number of hydrogen-bond acceptors (Lipinski definition) is 4. The standard InChI is InChI=1S/C6H11NO4.H3NO/c1-7(2,3)4(5(8)9)6(10)11;1-2/h4H,1-3H3,(H-,8,9,10,11);1H3. The number of nitrogens with zero attached hydrogens (tertiary/aromatic N) is 1. The maximum atomic E-state index is 10.4. The quantitative estimate of drug-likeness (QED) is 0.275. The fraction of sp³-hybridized carbons (Fsp3) is 0.667. The third-order valence-corrected chi connectivity index (χ3v) is 1.23. The van der Waals surface area contributed by atoms with E-state index in [2.05, 4.69) is 0 Å². The summed E-state index contributed by atoms with van der Waals surface area (Å²) < 4.78 is -0.183. The first-order valence-corrected chi connectivity index (χ1v) is 3.30. The Labute approximate surface area is 75.5 Å². The van der Waals surface area contributed by atoms with Gasteiger partial charge in [0.05, 0.1) is 21.1 Å². The Morgan fingerprint density at radius 3 is 1.62 bits per heavy atom. The molecule has 0 saturated heterocycles. The summed E-state index contributed by atoms with van der Waals surface area (Å²) in [5, 5.41) is 26.7. The van der Waals surface area contributed by atoms with Crippen molar-refractivity contribution in [2.45, 2.75) is 6.04 Å². The Hall–Kier alpha value is -1.18. The highest BCUT2D eigenvalue weighted by molar-refractivity contribution is 5.94. The van der Waals surface area contributed by atoms with Gasteiger partial charge in [0.1, 0.15) is 5.97 Å². The van der Waals surface area contributed by atoms with E-state index in [-0.39, 0.29) is 4.48 Å². The molecular weight excluding hydrogens is 180 g/mol. The van der Waals surface area contributed by atoms with E-state index in [1.54, 1.807) is 0 Å². The van der Waals surface area contributed by atoms with Crippen LogP contribution in [0.25, 0.3) is 0 Å². The van der Waals surface area contributed by atoms with E-state index < -0.39 is 18.0 Å². The number of hydrogen-bond donors (Lipinski definition) is 2. The molecule has 0 aliphatic carbocycles. The summed E-state index contributed by atoms with van der Waals surface area (Å²) in [6, 6.07) is -1.50. The lowest BCUT2D eigenvalue weighted by Gasteiger charge is -2.31. The molecule has 0 aromatic heterocycles. The number of aliphatic carboxylic acids is 2. The zero-order valence-electron chi connectivity index (χ0n) is 7.81. The van der Waals surface area contributed by atoms with Crippen molar-refractivity contribution in [1.29, 1.82) is 0 Å². The van der Waals surface area contributed by atoms with Crippen molar-refractivity contribution in [2.75, 3.05) is 21.1 Å². The molecule has 7 nitrogen and oxygen atoms in total. The van der Waals surface area contributed by atoms with Crippen LogP contribution in [0.2, 0.25) is 0 Å². The molecule has 13 heavy (non-hydrogen) atoms. The molecule has 0 saturated carbocycles. The summed E-state index contributed by atoms with van der Waals surface area (Å²) in [7, 11) is 4.44. The molecule has 0 spiro atoms. The molecule has 0 fully saturated rings. The van der Waals surface area contributed by atoms with Gasteiger partial charge in [0.25, 0.3) is 0 Å². The van der Waals surface area contributed by atoms with Gasteiger partial charge in [0, 0.05) is 0 Å². The Morgan fingerprint density at radius 1 is 1.31 bits per heavy atom. The molecule has 0 aromatic carbocycles. The minimum absolute atomic E-state index is 0.183. The molecule has 78 valence electrons. The number of quaternary nitrogens is 2. The van der Waals surface area contributed by atoms with Gasteiger partial charge in [0.15, 0.2) is 0 Å². The Balaban J connectivity index is 0. The van der Waals surface area contributed by atoms with Crippen molar-refractivity contribution in [1.82, 2.24) is 0 Å². The van der Waals surface area contributed by atoms with Gasteiger partial charge in [-0.15, -0.1) is 0 Å². The summed E-state index contributed by atoms with van der Waals surface area (Å²) in [5.41, 5.74) is 0. The van der Waals surface area contributed by atoms with Gasteiger partial charge in [0.2, 0.25) is 6.04 Å². The smallest absolute Gasteiger partial charge is 0.368 e. The van der Waals surface area contributed by atoms with Crippen LogP contribution in [0.5, 0.6) is 0 Å². The first-order chi connectivity index (χ1) is 5.76. The summed E-state index contributed by atoms with van der Waals surface area (Å²) in [6.07, 6.45) is 0. The van der Waals surface area contributed by atoms with Crippen molar-refractivity contribution < 1.29 is 30.2 Å². The van der Waals surface area contributed by atoms with Crippen molar-refractivity contribution in [3.63, 3.8) is 0 Å². The molecule has 1 unspecified atom stereocenters. The lowest BCUT2D eigenvalue weighted by atomic mass is 10.2. The van der Waals surface area contributed by atoms with Crippen LogP contribution in [0.15, 0.2) is 0 Å². The number of carboxylic acids is 2. The molecule has 0 heterocycles.